The number of carbonyl (C=O) groups is 1. The molecule has 110 valence electrons. The van der Waals surface area contributed by atoms with Crippen molar-refractivity contribution in [1.82, 2.24) is 9.88 Å². The first-order valence-electron chi connectivity index (χ1n) is 5.82. The molecule has 0 unspecified atom stereocenters. The van der Waals surface area contributed by atoms with Crippen LogP contribution in [0.2, 0.25) is 0 Å². The SMILES string of the molecule is CN(CCc1ccncc1)C(=O)C(C)(C)CN.Cl.Cl. The molecule has 0 saturated carbocycles. The van der Waals surface area contributed by atoms with Crippen molar-refractivity contribution >= 4 is 30.7 Å². The fourth-order valence-corrected chi connectivity index (χ4v) is 1.55. The van der Waals surface area contributed by atoms with Crippen molar-refractivity contribution in [2.45, 2.75) is 20.3 Å². The van der Waals surface area contributed by atoms with E-state index in [-0.39, 0.29) is 30.7 Å². The lowest BCUT2D eigenvalue weighted by Crippen LogP contribution is -2.43. The molecular weight excluding hydrogens is 285 g/mol. The second-order valence-electron chi connectivity index (χ2n) is 4.92. The van der Waals surface area contributed by atoms with Crippen molar-refractivity contribution in [3.8, 4) is 0 Å². The molecule has 0 aliphatic rings. The molecule has 1 heterocycles. The lowest BCUT2D eigenvalue weighted by molar-refractivity contribution is -0.138. The van der Waals surface area contributed by atoms with Crippen molar-refractivity contribution in [2.24, 2.45) is 11.1 Å². The van der Waals surface area contributed by atoms with Crippen LogP contribution in [0.15, 0.2) is 24.5 Å². The van der Waals surface area contributed by atoms with Gasteiger partial charge in [0.25, 0.3) is 0 Å². The first-order chi connectivity index (χ1) is 7.97. The van der Waals surface area contributed by atoms with Gasteiger partial charge in [-0.25, -0.2) is 0 Å². The highest BCUT2D eigenvalue weighted by molar-refractivity contribution is 5.85. The van der Waals surface area contributed by atoms with Crippen LogP contribution in [0.4, 0.5) is 0 Å². The molecule has 1 aromatic heterocycles. The zero-order valence-corrected chi connectivity index (χ0v) is 13.3. The van der Waals surface area contributed by atoms with Gasteiger partial charge in [0, 0.05) is 32.5 Å². The van der Waals surface area contributed by atoms with E-state index in [0.717, 1.165) is 6.42 Å². The second kappa shape index (κ2) is 9.13. The molecular formula is C13H23Cl2N3O. The van der Waals surface area contributed by atoms with Gasteiger partial charge >= 0.3 is 0 Å². The second-order valence-corrected chi connectivity index (χ2v) is 4.92. The average molecular weight is 308 g/mol. The van der Waals surface area contributed by atoms with E-state index in [4.69, 9.17) is 5.73 Å². The van der Waals surface area contributed by atoms with Gasteiger partial charge in [0.2, 0.25) is 5.91 Å². The summed E-state index contributed by atoms with van der Waals surface area (Å²) >= 11 is 0. The van der Waals surface area contributed by atoms with Crippen LogP contribution in [0, 0.1) is 5.41 Å². The minimum atomic E-state index is -0.479. The standard InChI is InChI=1S/C13H21N3O.2ClH/c1-13(2,10-14)12(17)16(3)9-6-11-4-7-15-8-5-11;;/h4-5,7-8H,6,9-10,14H2,1-3H3;2*1H. The number of hydrogen-bond acceptors (Lipinski definition) is 3. The lowest BCUT2D eigenvalue weighted by Gasteiger charge is -2.28. The van der Waals surface area contributed by atoms with Crippen molar-refractivity contribution in [2.75, 3.05) is 20.1 Å². The average Bonchev–Trinajstić information content (AvgIpc) is 2.36. The maximum absolute atomic E-state index is 12.1. The smallest absolute Gasteiger partial charge is 0.229 e. The summed E-state index contributed by atoms with van der Waals surface area (Å²) in [6, 6.07) is 3.93. The fraction of sp³-hybridized carbons (Fsp3) is 0.538. The van der Waals surface area contributed by atoms with Crippen LogP contribution in [0.3, 0.4) is 0 Å². The van der Waals surface area contributed by atoms with E-state index >= 15 is 0 Å². The van der Waals surface area contributed by atoms with Crippen molar-refractivity contribution in [3.63, 3.8) is 0 Å². The van der Waals surface area contributed by atoms with Gasteiger partial charge in [-0.2, -0.15) is 0 Å². The molecule has 4 nitrogen and oxygen atoms in total. The van der Waals surface area contributed by atoms with E-state index in [1.165, 1.54) is 5.56 Å². The number of likely N-dealkylation sites (N-methyl/N-ethyl adjacent to an activating group) is 1. The Morgan fingerprint density at radius 1 is 1.32 bits per heavy atom. The molecule has 0 saturated heterocycles. The van der Waals surface area contributed by atoms with E-state index in [9.17, 15) is 4.79 Å². The number of amides is 1. The van der Waals surface area contributed by atoms with E-state index in [1.54, 1.807) is 17.3 Å². The highest BCUT2D eigenvalue weighted by atomic mass is 35.5. The zero-order valence-electron chi connectivity index (χ0n) is 11.6. The van der Waals surface area contributed by atoms with Crippen LogP contribution >= 0.6 is 24.8 Å². The van der Waals surface area contributed by atoms with Crippen LogP contribution in [0.25, 0.3) is 0 Å². The maximum Gasteiger partial charge on any atom is 0.229 e. The summed E-state index contributed by atoms with van der Waals surface area (Å²) < 4.78 is 0. The molecule has 19 heavy (non-hydrogen) atoms. The Labute approximate surface area is 127 Å². The van der Waals surface area contributed by atoms with Gasteiger partial charge in [0.05, 0.1) is 5.41 Å². The Hall–Kier alpha value is -0.840. The van der Waals surface area contributed by atoms with Gasteiger partial charge in [-0.15, -0.1) is 24.8 Å². The van der Waals surface area contributed by atoms with Crippen molar-refractivity contribution in [1.29, 1.82) is 0 Å². The Balaban J connectivity index is 0. The third-order valence-electron chi connectivity index (χ3n) is 2.92. The summed E-state index contributed by atoms with van der Waals surface area (Å²) in [6.07, 6.45) is 4.37. The number of hydrogen-bond donors (Lipinski definition) is 1. The first-order valence-corrected chi connectivity index (χ1v) is 5.82. The quantitative estimate of drug-likeness (QED) is 0.904. The van der Waals surface area contributed by atoms with Gasteiger partial charge in [0.1, 0.15) is 0 Å². The fourth-order valence-electron chi connectivity index (χ4n) is 1.55. The normalized spacial score (nSPS) is 10.1. The molecule has 0 aromatic carbocycles. The van der Waals surface area contributed by atoms with E-state index < -0.39 is 5.41 Å². The minimum Gasteiger partial charge on any atom is -0.345 e. The monoisotopic (exact) mass is 307 g/mol. The minimum absolute atomic E-state index is 0. The topological polar surface area (TPSA) is 59.2 Å². The molecule has 6 heteroatoms. The van der Waals surface area contributed by atoms with Crippen molar-refractivity contribution < 1.29 is 4.79 Å². The number of halogens is 2. The number of nitrogens with two attached hydrogens (primary N) is 1. The molecule has 2 N–H and O–H groups in total. The summed E-state index contributed by atoms with van der Waals surface area (Å²) in [4.78, 5) is 17.8. The molecule has 0 aliphatic carbocycles. The summed E-state index contributed by atoms with van der Waals surface area (Å²) in [5.41, 5.74) is 6.30. The molecule has 1 rings (SSSR count). The van der Waals surface area contributed by atoms with Gasteiger partial charge in [-0.05, 0) is 38.0 Å². The molecule has 0 atom stereocenters. The number of nitrogens with zero attached hydrogens (tertiary/aromatic N) is 2. The van der Waals surface area contributed by atoms with Gasteiger partial charge in [0.15, 0.2) is 0 Å². The Morgan fingerprint density at radius 3 is 2.32 bits per heavy atom. The Morgan fingerprint density at radius 2 is 1.84 bits per heavy atom. The lowest BCUT2D eigenvalue weighted by atomic mass is 9.92. The van der Waals surface area contributed by atoms with Gasteiger partial charge in [-0.3, -0.25) is 9.78 Å². The van der Waals surface area contributed by atoms with Crippen molar-refractivity contribution in [3.05, 3.63) is 30.1 Å². The van der Waals surface area contributed by atoms with Crippen LogP contribution in [0.5, 0.6) is 0 Å². The largest absolute Gasteiger partial charge is 0.345 e. The zero-order chi connectivity index (χ0) is 12.9. The van der Waals surface area contributed by atoms with Gasteiger partial charge < -0.3 is 10.6 Å². The first kappa shape index (κ1) is 20.5. The maximum atomic E-state index is 12.1. The summed E-state index contributed by atoms with van der Waals surface area (Å²) in [5, 5.41) is 0. The molecule has 0 bridgehead atoms. The van der Waals surface area contributed by atoms with Crippen LogP contribution < -0.4 is 5.73 Å². The number of aromatic nitrogens is 1. The number of rotatable bonds is 5. The highest BCUT2D eigenvalue weighted by Crippen LogP contribution is 2.16. The number of pyridine rings is 1. The Kier molecular flexibility index (Phi) is 9.84. The highest BCUT2D eigenvalue weighted by Gasteiger charge is 2.28. The molecule has 0 fully saturated rings. The predicted octanol–water partition coefficient (Wildman–Crippen LogP) is 1.91. The van der Waals surface area contributed by atoms with Crippen LogP contribution in [-0.2, 0) is 11.2 Å². The summed E-state index contributed by atoms with van der Waals surface area (Å²) in [6.45, 7) is 4.81. The van der Waals surface area contributed by atoms with Crippen LogP contribution in [-0.4, -0.2) is 35.9 Å². The molecule has 1 amide bonds. The predicted molar refractivity (Wildman–Crippen MR) is 82.9 cm³/mol. The van der Waals surface area contributed by atoms with E-state index in [2.05, 4.69) is 4.98 Å². The molecule has 1 aromatic rings. The van der Waals surface area contributed by atoms with E-state index in [0.29, 0.717) is 13.1 Å². The third kappa shape index (κ3) is 6.23. The summed E-state index contributed by atoms with van der Waals surface area (Å²) in [7, 11) is 1.82. The summed E-state index contributed by atoms with van der Waals surface area (Å²) in [5.74, 6) is 0.0917. The van der Waals surface area contributed by atoms with Crippen LogP contribution in [0.1, 0.15) is 19.4 Å². The molecule has 0 radical (unpaired) electrons. The third-order valence-corrected chi connectivity index (χ3v) is 2.92. The molecule has 0 spiro atoms. The molecule has 0 aliphatic heterocycles. The van der Waals surface area contributed by atoms with Gasteiger partial charge in [-0.1, -0.05) is 0 Å². The number of carbonyl (C=O) groups excluding carboxylic acids is 1. The van der Waals surface area contributed by atoms with E-state index in [1.807, 2.05) is 33.0 Å². The Bertz CT molecular complexity index is 371.